The van der Waals surface area contributed by atoms with E-state index in [9.17, 15) is 9.59 Å². The third-order valence-electron chi connectivity index (χ3n) is 6.59. The minimum Gasteiger partial charge on any atom is -0.359 e. The van der Waals surface area contributed by atoms with Crippen LogP contribution in [0.5, 0.6) is 0 Å². The van der Waals surface area contributed by atoms with Gasteiger partial charge in [0.05, 0.1) is 35.5 Å². The van der Waals surface area contributed by atoms with Crippen LogP contribution in [0.25, 0.3) is 0 Å². The Morgan fingerprint density at radius 2 is 2.13 bits per heavy atom. The highest BCUT2D eigenvalue weighted by Crippen LogP contribution is 2.52. The van der Waals surface area contributed by atoms with Crippen LogP contribution in [0.4, 0.5) is 11.5 Å². The fourth-order valence-corrected chi connectivity index (χ4v) is 6.36. The number of rotatable bonds is 3. The number of pyridine rings is 1. The lowest BCUT2D eigenvalue weighted by Gasteiger charge is -2.39. The van der Waals surface area contributed by atoms with Crippen LogP contribution in [0.2, 0.25) is 0 Å². The molecular weight excluding hydrogens is 398 g/mol. The Morgan fingerprint density at radius 3 is 2.90 bits per heavy atom. The van der Waals surface area contributed by atoms with Gasteiger partial charge in [0.25, 0.3) is 5.91 Å². The van der Waals surface area contributed by atoms with E-state index in [2.05, 4.69) is 36.1 Å². The predicted molar refractivity (Wildman–Crippen MR) is 117 cm³/mol. The average molecular weight is 426 g/mol. The van der Waals surface area contributed by atoms with Gasteiger partial charge in [0.2, 0.25) is 5.91 Å². The van der Waals surface area contributed by atoms with E-state index in [0.717, 1.165) is 31.5 Å². The highest BCUT2D eigenvalue weighted by molar-refractivity contribution is 7.07. The lowest BCUT2D eigenvalue weighted by atomic mass is 9.65. The fraction of sp³-hybridized carbons (Fsp3) is 0.545. The lowest BCUT2D eigenvalue weighted by Crippen LogP contribution is -2.40. The van der Waals surface area contributed by atoms with Crippen molar-refractivity contribution >= 4 is 34.7 Å². The van der Waals surface area contributed by atoms with E-state index in [4.69, 9.17) is 0 Å². The van der Waals surface area contributed by atoms with Gasteiger partial charge in [-0.25, -0.2) is 9.97 Å². The summed E-state index contributed by atoms with van der Waals surface area (Å²) in [4.78, 5) is 38.6. The van der Waals surface area contributed by atoms with Crippen LogP contribution in [-0.4, -0.2) is 45.8 Å². The third-order valence-corrected chi connectivity index (χ3v) is 7.23. The summed E-state index contributed by atoms with van der Waals surface area (Å²) < 4.78 is 0. The van der Waals surface area contributed by atoms with Crippen LogP contribution in [0.3, 0.4) is 0 Å². The SMILES string of the molecule is CC1(C)C[C@@H]2C[C@@](C)(CN2C(=O)c2cnc3c(c2)N(Cc2cscn2)C(=O)CN3)C1. The Labute approximate surface area is 180 Å². The van der Waals surface area contributed by atoms with Gasteiger partial charge in [-0.1, -0.05) is 20.8 Å². The van der Waals surface area contributed by atoms with Gasteiger partial charge in [-0.2, -0.15) is 0 Å². The normalized spacial score (nSPS) is 27.0. The summed E-state index contributed by atoms with van der Waals surface area (Å²) >= 11 is 1.50. The summed E-state index contributed by atoms with van der Waals surface area (Å²) in [5, 5.41) is 5.00. The molecule has 0 spiro atoms. The highest BCUT2D eigenvalue weighted by Gasteiger charge is 2.51. The zero-order chi connectivity index (χ0) is 21.1. The number of hydrogen-bond acceptors (Lipinski definition) is 6. The molecular formula is C22H27N5O2S. The summed E-state index contributed by atoms with van der Waals surface area (Å²) in [6.07, 6.45) is 4.88. The minimum atomic E-state index is -0.0480. The van der Waals surface area contributed by atoms with Crippen LogP contribution in [0.1, 0.15) is 56.1 Å². The Kier molecular flexibility index (Phi) is 4.39. The topological polar surface area (TPSA) is 78.4 Å². The van der Waals surface area contributed by atoms with Crippen molar-refractivity contribution in [3.8, 4) is 0 Å². The molecule has 2 aromatic heterocycles. The van der Waals surface area contributed by atoms with E-state index in [1.54, 1.807) is 16.6 Å². The van der Waals surface area contributed by atoms with Crippen LogP contribution >= 0.6 is 11.3 Å². The first-order chi connectivity index (χ1) is 14.2. The first kappa shape index (κ1) is 19.5. The number of fused-ring (bicyclic) bond motifs is 3. The smallest absolute Gasteiger partial charge is 0.255 e. The minimum absolute atomic E-state index is 0.0170. The average Bonchev–Trinajstić information content (AvgIpc) is 3.27. The van der Waals surface area contributed by atoms with Gasteiger partial charge in [0.15, 0.2) is 5.82 Å². The van der Waals surface area contributed by atoms with Crippen LogP contribution in [-0.2, 0) is 11.3 Å². The van der Waals surface area contributed by atoms with Gasteiger partial charge in [0.1, 0.15) is 0 Å². The number of carbonyl (C=O) groups is 2. The van der Waals surface area contributed by atoms with Crippen molar-refractivity contribution in [3.63, 3.8) is 0 Å². The Bertz CT molecular complexity index is 1000. The van der Waals surface area contributed by atoms with Crippen molar-refractivity contribution in [2.45, 2.75) is 52.6 Å². The molecule has 4 heterocycles. The number of aromatic nitrogens is 2. The van der Waals surface area contributed by atoms with Crippen molar-refractivity contribution in [1.82, 2.24) is 14.9 Å². The van der Waals surface area contributed by atoms with E-state index in [0.29, 0.717) is 23.6 Å². The number of hydrogen-bond donors (Lipinski definition) is 1. The first-order valence-corrected chi connectivity index (χ1v) is 11.4. The molecule has 0 radical (unpaired) electrons. The molecule has 2 amide bonds. The van der Waals surface area contributed by atoms with E-state index >= 15 is 0 Å². The second-order valence-corrected chi connectivity index (χ2v) is 10.8. The molecule has 30 heavy (non-hydrogen) atoms. The number of anilines is 2. The van der Waals surface area contributed by atoms with Crippen molar-refractivity contribution < 1.29 is 9.59 Å². The molecule has 158 valence electrons. The fourth-order valence-electron chi connectivity index (χ4n) is 5.82. The molecule has 1 aliphatic carbocycles. The van der Waals surface area contributed by atoms with E-state index in [1.807, 2.05) is 16.3 Å². The molecule has 2 atom stereocenters. The predicted octanol–water partition coefficient (Wildman–Crippen LogP) is 3.54. The number of likely N-dealkylation sites (tertiary alicyclic amines) is 1. The van der Waals surface area contributed by atoms with E-state index in [-0.39, 0.29) is 35.2 Å². The number of carbonyl (C=O) groups excluding carboxylic acids is 2. The molecule has 2 aromatic rings. The lowest BCUT2D eigenvalue weighted by molar-refractivity contribution is -0.117. The molecule has 1 saturated heterocycles. The van der Waals surface area contributed by atoms with Crippen molar-refractivity contribution in [2.24, 2.45) is 10.8 Å². The second kappa shape index (κ2) is 6.77. The Morgan fingerprint density at radius 1 is 1.30 bits per heavy atom. The number of nitrogens with zero attached hydrogens (tertiary/aromatic N) is 4. The number of nitrogens with one attached hydrogen (secondary N) is 1. The molecule has 2 fully saturated rings. The summed E-state index contributed by atoms with van der Waals surface area (Å²) in [6.45, 7) is 8.28. The van der Waals surface area contributed by atoms with Gasteiger partial charge in [-0.15, -0.1) is 11.3 Å². The zero-order valence-electron chi connectivity index (χ0n) is 17.6. The van der Waals surface area contributed by atoms with Crippen LogP contribution < -0.4 is 10.2 Å². The maximum Gasteiger partial charge on any atom is 0.255 e. The Hall–Kier alpha value is -2.48. The van der Waals surface area contributed by atoms with E-state index < -0.39 is 0 Å². The molecule has 0 aromatic carbocycles. The van der Waals surface area contributed by atoms with Crippen LogP contribution in [0, 0.1) is 10.8 Å². The largest absolute Gasteiger partial charge is 0.359 e. The van der Waals surface area contributed by atoms with Gasteiger partial charge < -0.3 is 15.1 Å². The molecule has 3 aliphatic rings. The van der Waals surface area contributed by atoms with Crippen molar-refractivity contribution in [3.05, 3.63) is 34.4 Å². The molecule has 1 saturated carbocycles. The zero-order valence-corrected chi connectivity index (χ0v) is 18.5. The summed E-state index contributed by atoms with van der Waals surface area (Å²) in [5.41, 5.74) is 4.22. The monoisotopic (exact) mass is 425 g/mol. The molecule has 1 N–H and O–H groups in total. The molecule has 5 rings (SSSR count). The maximum absolute atomic E-state index is 13.5. The number of thiazole rings is 1. The van der Waals surface area contributed by atoms with Gasteiger partial charge in [0, 0.05) is 24.2 Å². The molecule has 7 nitrogen and oxygen atoms in total. The Balaban J connectivity index is 1.44. The second-order valence-electron chi connectivity index (χ2n) is 10.1. The molecule has 2 aliphatic heterocycles. The van der Waals surface area contributed by atoms with Crippen molar-refractivity contribution in [2.75, 3.05) is 23.3 Å². The summed E-state index contributed by atoms with van der Waals surface area (Å²) in [6, 6.07) is 2.09. The van der Waals surface area contributed by atoms with Crippen LogP contribution in [0.15, 0.2) is 23.2 Å². The van der Waals surface area contributed by atoms with Gasteiger partial charge in [-0.3, -0.25) is 9.59 Å². The summed E-state index contributed by atoms with van der Waals surface area (Å²) in [5.74, 6) is 0.603. The molecule has 2 bridgehead atoms. The summed E-state index contributed by atoms with van der Waals surface area (Å²) in [7, 11) is 0. The van der Waals surface area contributed by atoms with Gasteiger partial charge >= 0.3 is 0 Å². The maximum atomic E-state index is 13.5. The van der Waals surface area contributed by atoms with Gasteiger partial charge in [-0.05, 0) is 36.2 Å². The standard InChI is InChI=1S/C22H27N5O2S/c1-21(2)5-16-6-22(3,11-21)12-27(16)20(29)14-4-17-19(23-7-14)24-8-18(28)26(17)9-15-10-30-13-25-15/h4,7,10,13,16H,5-6,8-9,11-12H2,1-3H3,(H,23,24)/t16-,22-/m1/s1. The quantitative estimate of drug-likeness (QED) is 0.814. The molecule has 8 heteroatoms. The van der Waals surface area contributed by atoms with Crippen molar-refractivity contribution in [1.29, 1.82) is 0 Å². The van der Waals surface area contributed by atoms with E-state index in [1.165, 1.54) is 11.3 Å². The highest BCUT2D eigenvalue weighted by atomic mass is 32.1. The first-order valence-electron chi connectivity index (χ1n) is 10.5. The third kappa shape index (κ3) is 3.37. The molecule has 0 unspecified atom stereocenters. The number of amides is 2.